The Labute approximate surface area is 138 Å². The highest BCUT2D eigenvalue weighted by atomic mass is 16.5. The summed E-state index contributed by atoms with van der Waals surface area (Å²) in [5, 5.41) is 13.8. The first-order valence-corrected chi connectivity index (χ1v) is 7.30. The van der Waals surface area contributed by atoms with Gasteiger partial charge in [0.05, 0.1) is 13.4 Å². The molecule has 0 unspecified atom stereocenters. The average Bonchev–Trinajstić information content (AvgIpc) is 3.16. The van der Waals surface area contributed by atoms with Gasteiger partial charge in [0.25, 0.3) is 5.91 Å². The van der Waals surface area contributed by atoms with Gasteiger partial charge in [0.15, 0.2) is 11.6 Å². The maximum Gasteiger partial charge on any atom is 0.292 e. The zero-order valence-corrected chi connectivity index (χ0v) is 13.0. The van der Waals surface area contributed by atoms with Gasteiger partial charge in [0.2, 0.25) is 0 Å². The molecule has 0 aliphatic carbocycles. The molecule has 0 saturated carbocycles. The molecule has 2 N–H and O–H groups in total. The van der Waals surface area contributed by atoms with Crippen molar-refractivity contribution >= 4 is 17.5 Å². The number of nitrogens with zero attached hydrogens (tertiary/aromatic N) is 2. The molecule has 3 aromatic rings. The maximum absolute atomic E-state index is 11.8. The Morgan fingerprint density at radius 3 is 2.46 bits per heavy atom. The van der Waals surface area contributed by atoms with Crippen LogP contribution in [-0.2, 0) is 6.54 Å². The Bertz CT molecular complexity index is 784. The molecule has 0 aliphatic heterocycles. The lowest BCUT2D eigenvalue weighted by Gasteiger charge is -2.07. The summed E-state index contributed by atoms with van der Waals surface area (Å²) in [4.78, 5) is 11.8. The van der Waals surface area contributed by atoms with Crippen LogP contribution >= 0.6 is 0 Å². The van der Waals surface area contributed by atoms with Gasteiger partial charge in [-0.3, -0.25) is 4.79 Å². The van der Waals surface area contributed by atoms with E-state index in [-0.39, 0.29) is 11.7 Å². The maximum atomic E-state index is 11.8. The minimum Gasteiger partial charge on any atom is -0.497 e. The van der Waals surface area contributed by atoms with E-state index in [1.54, 1.807) is 31.4 Å². The van der Waals surface area contributed by atoms with Gasteiger partial charge >= 0.3 is 0 Å². The fourth-order valence-corrected chi connectivity index (χ4v) is 2.01. The van der Waals surface area contributed by atoms with Crippen LogP contribution in [0.15, 0.2) is 59.2 Å². The van der Waals surface area contributed by atoms with Crippen LogP contribution in [0.3, 0.4) is 0 Å². The minimum absolute atomic E-state index is 0.221. The predicted octanol–water partition coefficient (Wildman–Crippen LogP) is 2.94. The number of amides is 1. The number of anilines is 2. The van der Waals surface area contributed by atoms with E-state index in [0.29, 0.717) is 18.2 Å². The number of hydrogen-bond acceptors (Lipinski definition) is 6. The molecule has 1 amide bonds. The number of methoxy groups -OCH3 is 1. The summed E-state index contributed by atoms with van der Waals surface area (Å²) in [5.74, 6) is 1.63. The van der Waals surface area contributed by atoms with Crippen molar-refractivity contribution in [2.75, 3.05) is 17.7 Å². The highest BCUT2D eigenvalue weighted by Crippen LogP contribution is 2.13. The van der Waals surface area contributed by atoms with E-state index in [2.05, 4.69) is 20.8 Å². The highest BCUT2D eigenvalue weighted by Gasteiger charge is 2.09. The molecule has 0 saturated heterocycles. The first kappa shape index (κ1) is 15.5. The molecule has 0 aliphatic rings. The third-order valence-electron chi connectivity index (χ3n) is 3.28. The molecule has 122 valence electrons. The second-order valence-electron chi connectivity index (χ2n) is 4.94. The van der Waals surface area contributed by atoms with Crippen LogP contribution in [0.25, 0.3) is 0 Å². The summed E-state index contributed by atoms with van der Waals surface area (Å²) in [5.41, 5.74) is 1.09. The third-order valence-corrected chi connectivity index (χ3v) is 3.28. The van der Waals surface area contributed by atoms with Gasteiger partial charge in [-0.1, -0.05) is 12.1 Å². The van der Waals surface area contributed by atoms with E-state index in [9.17, 15) is 4.79 Å². The lowest BCUT2D eigenvalue weighted by Crippen LogP contribution is -2.13. The molecule has 0 bridgehead atoms. The Hall–Kier alpha value is -3.35. The standard InChI is InChI=1S/C17H16N4O3/c1-23-13-6-4-12(5-7-13)11-18-15-8-9-16(21-20-15)19-17(22)14-3-2-10-24-14/h2-10H,11H2,1H3,(H,18,20)(H,19,21,22). The van der Waals surface area contributed by atoms with Crippen LogP contribution < -0.4 is 15.4 Å². The number of carbonyl (C=O) groups is 1. The monoisotopic (exact) mass is 324 g/mol. The molecule has 1 aromatic carbocycles. The van der Waals surface area contributed by atoms with Crippen molar-refractivity contribution in [2.24, 2.45) is 0 Å². The van der Waals surface area contributed by atoms with Crippen molar-refractivity contribution in [3.8, 4) is 5.75 Å². The molecule has 7 heteroatoms. The van der Waals surface area contributed by atoms with Crippen LogP contribution in [0.1, 0.15) is 16.1 Å². The topological polar surface area (TPSA) is 89.3 Å². The predicted molar refractivity (Wildman–Crippen MR) is 89.0 cm³/mol. The summed E-state index contributed by atoms with van der Waals surface area (Å²) in [7, 11) is 1.63. The zero-order chi connectivity index (χ0) is 16.8. The van der Waals surface area contributed by atoms with Crippen molar-refractivity contribution in [1.82, 2.24) is 10.2 Å². The number of ether oxygens (including phenoxy) is 1. The Morgan fingerprint density at radius 1 is 1.08 bits per heavy atom. The Morgan fingerprint density at radius 2 is 1.83 bits per heavy atom. The molecular weight excluding hydrogens is 308 g/mol. The van der Waals surface area contributed by atoms with Crippen molar-refractivity contribution in [3.05, 3.63) is 66.1 Å². The van der Waals surface area contributed by atoms with Crippen molar-refractivity contribution in [1.29, 1.82) is 0 Å². The molecule has 0 radical (unpaired) electrons. The molecule has 0 atom stereocenters. The first-order chi connectivity index (χ1) is 11.7. The molecule has 3 rings (SSSR count). The minimum atomic E-state index is -0.367. The smallest absolute Gasteiger partial charge is 0.292 e. The van der Waals surface area contributed by atoms with Crippen molar-refractivity contribution in [3.63, 3.8) is 0 Å². The SMILES string of the molecule is COc1ccc(CNc2ccc(NC(=O)c3ccco3)nn2)cc1. The number of rotatable bonds is 6. The van der Waals surface area contributed by atoms with E-state index in [1.165, 1.54) is 6.26 Å². The van der Waals surface area contributed by atoms with Gasteiger partial charge in [-0.2, -0.15) is 0 Å². The van der Waals surface area contributed by atoms with E-state index < -0.39 is 0 Å². The second-order valence-corrected chi connectivity index (χ2v) is 4.94. The normalized spacial score (nSPS) is 10.2. The number of aromatic nitrogens is 2. The Kier molecular flexibility index (Phi) is 4.71. The fraction of sp³-hybridized carbons (Fsp3) is 0.118. The van der Waals surface area contributed by atoms with Crippen LogP contribution in [0, 0.1) is 0 Å². The molecular formula is C17H16N4O3. The summed E-state index contributed by atoms with van der Waals surface area (Å²) in [6.07, 6.45) is 1.44. The van der Waals surface area contributed by atoms with Crippen molar-refractivity contribution in [2.45, 2.75) is 6.54 Å². The van der Waals surface area contributed by atoms with Gasteiger partial charge < -0.3 is 19.8 Å². The fourth-order valence-electron chi connectivity index (χ4n) is 2.01. The Balaban J connectivity index is 1.55. The third kappa shape index (κ3) is 3.89. The van der Waals surface area contributed by atoms with Gasteiger partial charge in [0.1, 0.15) is 11.6 Å². The van der Waals surface area contributed by atoms with Gasteiger partial charge in [0, 0.05) is 6.54 Å². The molecule has 2 heterocycles. The van der Waals surface area contributed by atoms with E-state index >= 15 is 0 Å². The molecule has 0 fully saturated rings. The quantitative estimate of drug-likeness (QED) is 0.724. The largest absolute Gasteiger partial charge is 0.497 e. The first-order valence-electron chi connectivity index (χ1n) is 7.30. The van der Waals surface area contributed by atoms with Crippen LogP contribution in [0.4, 0.5) is 11.6 Å². The van der Waals surface area contributed by atoms with E-state index in [0.717, 1.165) is 11.3 Å². The highest BCUT2D eigenvalue weighted by molar-refractivity contribution is 6.01. The molecule has 24 heavy (non-hydrogen) atoms. The number of hydrogen-bond donors (Lipinski definition) is 2. The van der Waals surface area contributed by atoms with Crippen LogP contribution in [0.5, 0.6) is 5.75 Å². The van der Waals surface area contributed by atoms with Gasteiger partial charge in [-0.15, -0.1) is 10.2 Å². The zero-order valence-electron chi connectivity index (χ0n) is 13.0. The van der Waals surface area contributed by atoms with E-state index in [1.807, 2.05) is 24.3 Å². The molecule has 0 spiro atoms. The van der Waals surface area contributed by atoms with Crippen molar-refractivity contribution < 1.29 is 13.9 Å². The summed E-state index contributed by atoms with van der Waals surface area (Å²) in [6, 6.07) is 14.4. The number of nitrogens with one attached hydrogen (secondary N) is 2. The van der Waals surface area contributed by atoms with Gasteiger partial charge in [-0.25, -0.2) is 0 Å². The lowest BCUT2D eigenvalue weighted by atomic mass is 10.2. The number of carbonyl (C=O) groups excluding carboxylic acids is 1. The summed E-state index contributed by atoms with van der Waals surface area (Å²) < 4.78 is 10.1. The second kappa shape index (κ2) is 7.28. The van der Waals surface area contributed by atoms with Gasteiger partial charge in [-0.05, 0) is 42.0 Å². The average molecular weight is 324 g/mol. The van der Waals surface area contributed by atoms with E-state index in [4.69, 9.17) is 9.15 Å². The summed E-state index contributed by atoms with van der Waals surface area (Å²) >= 11 is 0. The van der Waals surface area contributed by atoms with Crippen LogP contribution in [-0.4, -0.2) is 23.2 Å². The number of furan rings is 1. The lowest BCUT2D eigenvalue weighted by molar-refractivity contribution is 0.0996. The molecule has 2 aromatic heterocycles. The summed E-state index contributed by atoms with van der Waals surface area (Å²) in [6.45, 7) is 0.608. The molecule has 7 nitrogen and oxygen atoms in total. The van der Waals surface area contributed by atoms with Crippen LogP contribution in [0.2, 0.25) is 0 Å². The number of benzene rings is 1.